The van der Waals surface area contributed by atoms with Gasteiger partial charge in [-0.15, -0.1) is 0 Å². The van der Waals surface area contributed by atoms with E-state index in [-0.39, 0.29) is 0 Å². The lowest BCUT2D eigenvalue weighted by Gasteiger charge is -2.44. The van der Waals surface area contributed by atoms with Crippen molar-refractivity contribution in [2.75, 3.05) is 26.2 Å². The molecule has 0 aromatic rings. The van der Waals surface area contributed by atoms with Crippen molar-refractivity contribution in [3.63, 3.8) is 0 Å². The molecule has 6 heteroatoms. The van der Waals surface area contributed by atoms with Gasteiger partial charge in [0.05, 0.1) is 0 Å². The molecule has 25 heavy (non-hydrogen) atoms. The Hall–Kier alpha value is -1.14. The monoisotopic (exact) mass is 354 g/mol. The van der Waals surface area contributed by atoms with E-state index in [1.54, 1.807) is 0 Å². The molecule has 3 aliphatic rings. The van der Waals surface area contributed by atoms with Crippen LogP contribution in [0.5, 0.6) is 0 Å². The Balaban J connectivity index is 0.000000326. The van der Waals surface area contributed by atoms with Crippen molar-refractivity contribution < 1.29 is 19.8 Å². The summed E-state index contributed by atoms with van der Waals surface area (Å²) in [5, 5.41) is 14.8. The molecule has 6 nitrogen and oxygen atoms in total. The van der Waals surface area contributed by atoms with Gasteiger partial charge in [-0.05, 0) is 64.1 Å². The van der Waals surface area contributed by atoms with Crippen LogP contribution in [-0.2, 0) is 9.59 Å². The molecule has 2 N–H and O–H groups in total. The summed E-state index contributed by atoms with van der Waals surface area (Å²) in [7, 11) is 0. The number of carbonyl (C=O) groups is 2. The fourth-order valence-corrected chi connectivity index (χ4v) is 4.62. The molecule has 144 valence electrons. The minimum Gasteiger partial charge on any atom is -0.473 e. The summed E-state index contributed by atoms with van der Waals surface area (Å²) in [6.45, 7) is 7.93. The van der Waals surface area contributed by atoms with Crippen LogP contribution in [0.15, 0.2) is 0 Å². The molecule has 1 aliphatic carbocycles. The van der Waals surface area contributed by atoms with Gasteiger partial charge in [0.15, 0.2) is 0 Å². The van der Waals surface area contributed by atoms with Crippen LogP contribution in [0.25, 0.3) is 0 Å². The molecule has 3 rings (SSSR count). The molecule has 1 saturated carbocycles. The minimum absolute atomic E-state index is 0.905. The normalized spacial score (nSPS) is 27.3. The average molecular weight is 354 g/mol. The van der Waals surface area contributed by atoms with Gasteiger partial charge in [0.1, 0.15) is 0 Å². The molecule has 0 spiro atoms. The fourth-order valence-electron chi connectivity index (χ4n) is 4.62. The van der Waals surface area contributed by atoms with E-state index in [9.17, 15) is 0 Å². The Kier molecular flexibility index (Phi) is 8.16. The summed E-state index contributed by atoms with van der Waals surface area (Å²) in [5.74, 6) is -2.71. The lowest BCUT2D eigenvalue weighted by Crippen LogP contribution is -2.50. The van der Waals surface area contributed by atoms with Crippen LogP contribution in [0.2, 0.25) is 0 Å². The van der Waals surface area contributed by atoms with Gasteiger partial charge < -0.3 is 20.0 Å². The summed E-state index contributed by atoms with van der Waals surface area (Å²) in [4.78, 5) is 23.8. The first-order chi connectivity index (χ1) is 12.0. The first kappa shape index (κ1) is 20.2. The van der Waals surface area contributed by atoms with Crippen molar-refractivity contribution in [3.8, 4) is 0 Å². The van der Waals surface area contributed by atoms with Gasteiger partial charge in [0, 0.05) is 18.6 Å². The number of hydrogen-bond donors (Lipinski definition) is 2. The lowest BCUT2D eigenvalue weighted by atomic mass is 9.91. The molecule has 0 bridgehead atoms. The summed E-state index contributed by atoms with van der Waals surface area (Å²) in [6.07, 6.45) is 13.2. The third-order valence-corrected chi connectivity index (χ3v) is 5.98. The maximum Gasteiger partial charge on any atom is 0.414 e. The van der Waals surface area contributed by atoms with E-state index in [1.807, 2.05) is 0 Å². The van der Waals surface area contributed by atoms with Crippen molar-refractivity contribution >= 4 is 11.9 Å². The van der Waals surface area contributed by atoms with E-state index < -0.39 is 11.9 Å². The second kappa shape index (κ2) is 10.1. The van der Waals surface area contributed by atoms with Crippen LogP contribution in [-0.4, -0.2) is 70.2 Å². The molecule has 0 aromatic heterocycles. The summed E-state index contributed by atoms with van der Waals surface area (Å²) in [5.41, 5.74) is 0. The van der Waals surface area contributed by atoms with Gasteiger partial charge in [-0.3, -0.25) is 0 Å². The maximum absolute atomic E-state index is 9.10. The minimum atomic E-state index is -1.82. The molecule has 2 aliphatic heterocycles. The molecule has 0 aromatic carbocycles. The van der Waals surface area contributed by atoms with Gasteiger partial charge in [0.25, 0.3) is 0 Å². The number of rotatable bonds is 2. The highest BCUT2D eigenvalue weighted by Gasteiger charge is 2.30. The van der Waals surface area contributed by atoms with E-state index in [2.05, 4.69) is 16.7 Å². The zero-order chi connectivity index (χ0) is 18.2. The molecule has 0 amide bonds. The molecular weight excluding hydrogens is 320 g/mol. The van der Waals surface area contributed by atoms with Gasteiger partial charge in [-0.2, -0.15) is 0 Å². The van der Waals surface area contributed by atoms with E-state index in [0.717, 1.165) is 18.0 Å². The smallest absolute Gasteiger partial charge is 0.414 e. The predicted octanol–water partition coefficient (Wildman–Crippen LogP) is 2.67. The molecule has 0 radical (unpaired) electrons. The number of carboxylic acids is 2. The van der Waals surface area contributed by atoms with Crippen molar-refractivity contribution in [2.45, 2.75) is 76.8 Å². The van der Waals surface area contributed by atoms with E-state index >= 15 is 0 Å². The molecule has 1 unspecified atom stereocenters. The van der Waals surface area contributed by atoms with Gasteiger partial charge in [-0.25, -0.2) is 9.59 Å². The largest absolute Gasteiger partial charge is 0.473 e. The van der Waals surface area contributed by atoms with Crippen molar-refractivity contribution in [1.29, 1.82) is 0 Å². The van der Waals surface area contributed by atoms with Crippen LogP contribution in [0.1, 0.15) is 64.7 Å². The number of aliphatic carboxylic acids is 2. The third-order valence-electron chi connectivity index (χ3n) is 5.98. The van der Waals surface area contributed by atoms with Crippen molar-refractivity contribution in [3.05, 3.63) is 0 Å². The Labute approximate surface area is 151 Å². The summed E-state index contributed by atoms with van der Waals surface area (Å²) >= 11 is 0. The van der Waals surface area contributed by atoms with Gasteiger partial charge in [0.2, 0.25) is 0 Å². The third kappa shape index (κ3) is 6.59. The first-order valence-corrected chi connectivity index (χ1v) is 9.91. The molecular formula is C19H34N2O4. The molecule has 3 fully saturated rings. The standard InChI is InChI=1S/C17H32N2.C2H2O4/c1-15-6-5-11-19(14-15)17-9-12-18(13-10-17)16-7-3-2-4-8-16;3-1(4)2(5)6/h15-17H,2-14H2,1H3;(H,3,4)(H,5,6). The topological polar surface area (TPSA) is 81.1 Å². The Morgan fingerprint density at radius 2 is 1.28 bits per heavy atom. The summed E-state index contributed by atoms with van der Waals surface area (Å²) in [6, 6.07) is 1.84. The van der Waals surface area contributed by atoms with Gasteiger partial charge in [-0.1, -0.05) is 26.2 Å². The van der Waals surface area contributed by atoms with Crippen LogP contribution >= 0.6 is 0 Å². The number of piperidine rings is 2. The van der Waals surface area contributed by atoms with E-state index in [4.69, 9.17) is 19.8 Å². The number of hydrogen-bond acceptors (Lipinski definition) is 4. The Bertz CT molecular complexity index is 417. The SMILES string of the molecule is CC1CCCN(C2CCN(C3CCCCC3)CC2)C1.O=C(O)C(=O)O. The summed E-state index contributed by atoms with van der Waals surface area (Å²) < 4.78 is 0. The number of nitrogens with zero attached hydrogens (tertiary/aromatic N) is 2. The van der Waals surface area contributed by atoms with Crippen LogP contribution in [0.4, 0.5) is 0 Å². The zero-order valence-corrected chi connectivity index (χ0v) is 15.5. The highest BCUT2D eigenvalue weighted by Crippen LogP contribution is 2.28. The Morgan fingerprint density at radius 1 is 0.720 bits per heavy atom. The Morgan fingerprint density at radius 3 is 1.80 bits per heavy atom. The zero-order valence-electron chi connectivity index (χ0n) is 15.5. The van der Waals surface area contributed by atoms with Gasteiger partial charge >= 0.3 is 11.9 Å². The van der Waals surface area contributed by atoms with Crippen LogP contribution in [0.3, 0.4) is 0 Å². The molecule has 2 saturated heterocycles. The first-order valence-electron chi connectivity index (χ1n) is 9.91. The number of carboxylic acid groups (broad SMARTS) is 2. The average Bonchev–Trinajstić information content (AvgIpc) is 2.63. The van der Waals surface area contributed by atoms with Crippen molar-refractivity contribution in [2.24, 2.45) is 5.92 Å². The van der Waals surface area contributed by atoms with Crippen LogP contribution < -0.4 is 0 Å². The predicted molar refractivity (Wildman–Crippen MR) is 96.7 cm³/mol. The molecule has 1 atom stereocenters. The highest BCUT2D eigenvalue weighted by molar-refractivity contribution is 6.27. The van der Waals surface area contributed by atoms with Crippen LogP contribution in [0, 0.1) is 5.92 Å². The number of likely N-dealkylation sites (tertiary alicyclic amines) is 2. The molecule has 2 heterocycles. The second-order valence-corrected chi connectivity index (χ2v) is 7.91. The fraction of sp³-hybridized carbons (Fsp3) is 0.895. The lowest BCUT2D eigenvalue weighted by molar-refractivity contribution is -0.159. The quantitative estimate of drug-likeness (QED) is 0.742. The highest BCUT2D eigenvalue weighted by atomic mass is 16.4. The van der Waals surface area contributed by atoms with E-state index in [1.165, 1.54) is 84.0 Å². The second-order valence-electron chi connectivity index (χ2n) is 7.91. The van der Waals surface area contributed by atoms with E-state index in [0.29, 0.717) is 0 Å². The van der Waals surface area contributed by atoms with Crippen molar-refractivity contribution in [1.82, 2.24) is 9.80 Å². The maximum atomic E-state index is 9.10.